The maximum atomic E-state index is 12.6. The molecule has 31 heavy (non-hydrogen) atoms. The van der Waals surface area contributed by atoms with Crippen LogP contribution >= 0.6 is 0 Å². The molecule has 0 aliphatic carbocycles. The Morgan fingerprint density at radius 1 is 1.19 bits per heavy atom. The molecule has 0 bridgehead atoms. The Morgan fingerprint density at radius 2 is 1.97 bits per heavy atom. The number of furan rings is 1. The van der Waals surface area contributed by atoms with Crippen LogP contribution in [0.2, 0.25) is 0 Å². The molecule has 0 unspecified atom stereocenters. The number of nitrogens with one attached hydrogen (secondary N) is 2. The van der Waals surface area contributed by atoms with Gasteiger partial charge in [-0.05, 0) is 42.7 Å². The van der Waals surface area contributed by atoms with Gasteiger partial charge in [-0.2, -0.15) is 9.40 Å². The summed E-state index contributed by atoms with van der Waals surface area (Å²) in [5.41, 5.74) is 2.00. The summed E-state index contributed by atoms with van der Waals surface area (Å²) in [6.45, 7) is 1.14. The van der Waals surface area contributed by atoms with Crippen molar-refractivity contribution in [3.8, 4) is 0 Å². The van der Waals surface area contributed by atoms with Crippen molar-refractivity contribution in [2.75, 3.05) is 13.1 Å². The molecule has 3 heterocycles. The smallest absolute Gasteiger partial charge is 0.272 e. The molecule has 2 aromatic heterocycles. The number of hydrogen-bond acceptors (Lipinski definition) is 5. The molecule has 8 nitrogen and oxygen atoms in total. The molecule has 1 aliphatic rings. The molecule has 4 rings (SSSR count). The van der Waals surface area contributed by atoms with E-state index in [1.54, 1.807) is 30.5 Å². The summed E-state index contributed by atoms with van der Waals surface area (Å²) in [6.07, 6.45) is 4.49. The van der Waals surface area contributed by atoms with Gasteiger partial charge in [-0.3, -0.25) is 9.89 Å². The number of H-pyrrole nitrogens is 1. The molecule has 162 valence electrons. The molecule has 0 atom stereocenters. The minimum atomic E-state index is -3.47. The van der Waals surface area contributed by atoms with Crippen molar-refractivity contribution in [2.24, 2.45) is 0 Å². The van der Waals surface area contributed by atoms with Crippen LogP contribution in [0.5, 0.6) is 0 Å². The van der Waals surface area contributed by atoms with Crippen LogP contribution in [0, 0.1) is 0 Å². The Hall–Kier alpha value is -3.17. The van der Waals surface area contributed by atoms with Crippen LogP contribution < -0.4 is 5.32 Å². The van der Waals surface area contributed by atoms with Gasteiger partial charge in [0.15, 0.2) is 0 Å². The molecule has 0 spiro atoms. The third-order valence-corrected chi connectivity index (χ3v) is 6.88. The maximum absolute atomic E-state index is 12.6. The number of aromatic amines is 1. The summed E-state index contributed by atoms with van der Waals surface area (Å²) < 4.78 is 31.9. The van der Waals surface area contributed by atoms with Crippen molar-refractivity contribution >= 4 is 22.0 Å². The molecule has 1 fully saturated rings. The molecule has 0 saturated carbocycles. The predicted molar refractivity (Wildman–Crippen MR) is 116 cm³/mol. The summed E-state index contributed by atoms with van der Waals surface area (Å²) in [7, 11) is -3.47. The van der Waals surface area contributed by atoms with Crippen LogP contribution in [0.1, 0.15) is 46.3 Å². The van der Waals surface area contributed by atoms with Gasteiger partial charge in [0, 0.05) is 30.1 Å². The van der Waals surface area contributed by atoms with Gasteiger partial charge in [-0.15, -0.1) is 0 Å². The molecular formula is C22H24N4O4S. The Bertz CT molecular complexity index is 1130. The lowest BCUT2D eigenvalue weighted by Crippen LogP contribution is -2.36. The minimum absolute atomic E-state index is 0.128. The van der Waals surface area contributed by atoms with Crippen molar-refractivity contribution in [3.05, 3.63) is 82.9 Å². The number of piperidine rings is 1. The first-order valence-electron chi connectivity index (χ1n) is 10.1. The van der Waals surface area contributed by atoms with Crippen LogP contribution in [0.25, 0.3) is 6.08 Å². The highest BCUT2D eigenvalue weighted by Gasteiger charge is 2.28. The second-order valence-corrected chi connectivity index (χ2v) is 9.22. The van der Waals surface area contributed by atoms with Gasteiger partial charge >= 0.3 is 0 Å². The summed E-state index contributed by atoms with van der Waals surface area (Å²) in [5, 5.41) is 11.1. The van der Waals surface area contributed by atoms with Gasteiger partial charge in [-0.1, -0.05) is 30.3 Å². The van der Waals surface area contributed by atoms with Crippen LogP contribution in [0.3, 0.4) is 0 Å². The monoisotopic (exact) mass is 440 g/mol. The summed E-state index contributed by atoms with van der Waals surface area (Å²) in [4.78, 5) is 12.3. The largest absolute Gasteiger partial charge is 0.467 e. The van der Waals surface area contributed by atoms with Gasteiger partial charge in [0.1, 0.15) is 11.5 Å². The van der Waals surface area contributed by atoms with Crippen LogP contribution in [-0.4, -0.2) is 41.9 Å². The van der Waals surface area contributed by atoms with E-state index in [0.717, 1.165) is 11.3 Å². The number of carbonyl (C=O) groups is 1. The number of benzene rings is 1. The highest BCUT2D eigenvalue weighted by atomic mass is 32.2. The Labute approximate surface area is 181 Å². The zero-order valence-corrected chi connectivity index (χ0v) is 17.7. The number of aromatic nitrogens is 2. The molecule has 0 radical (unpaired) electrons. The van der Waals surface area contributed by atoms with E-state index in [4.69, 9.17) is 4.42 Å². The summed E-state index contributed by atoms with van der Waals surface area (Å²) >= 11 is 0. The lowest BCUT2D eigenvalue weighted by Gasteiger charge is -2.29. The Balaban J connectivity index is 1.31. The third kappa shape index (κ3) is 5.31. The summed E-state index contributed by atoms with van der Waals surface area (Å²) in [6, 6.07) is 14.6. The van der Waals surface area contributed by atoms with E-state index in [0.29, 0.717) is 43.9 Å². The van der Waals surface area contributed by atoms with Crippen LogP contribution in [-0.2, 0) is 16.6 Å². The summed E-state index contributed by atoms with van der Waals surface area (Å²) in [5.74, 6) is 0.507. The SMILES string of the molecule is O=C(NCc1ccco1)c1cc(C2CCN(S(=O)(=O)C=Cc3ccccc3)CC2)[nH]n1. The molecule has 1 aromatic carbocycles. The van der Waals surface area contributed by atoms with E-state index < -0.39 is 10.0 Å². The second kappa shape index (κ2) is 9.32. The number of nitrogens with zero attached hydrogens (tertiary/aromatic N) is 2. The Kier molecular flexibility index (Phi) is 6.34. The lowest BCUT2D eigenvalue weighted by atomic mass is 9.94. The fourth-order valence-corrected chi connectivity index (χ4v) is 4.79. The molecule has 2 N–H and O–H groups in total. The van der Waals surface area contributed by atoms with Crippen molar-refractivity contribution in [1.82, 2.24) is 19.8 Å². The first kappa shape index (κ1) is 21.1. The van der Waals surface area contributed by atoms with Crippen molar-refractivity contribution in [3.63, 3.8) is 0 Å². The number of carbonyl (C=O) groups excluding carboxylic acids is 1. The zero-order valence-electron chi connectivity index (χ0n) is 16.9. The molecule has 1 saturated heterocycles. The fraction of sp³-hybridized carbons (Fsp3) is 0.273. The van der Waals surface area contributed by atoms with E-state index in [-0.39, 0.29) is 11.8 Å². The highest BCUT2D eigenvalue weighted by molar-refractivity contribution is 7.92. The number of amides is 1. The van der Waals surface area contributed by atoms with E-state index in [1.807, 2.05) is 30.3 Å². The van der Waals surface area contributed by atoms with Gasteiger partial charge in [0.05, 0.1) is 12.8 Å². The van der Waals surface area contributed by atoms with Gasteiger partial charge in [-0.25, -0.2) is 8.42 Å². The standard InChI is InChI=1S/C22H24N4O4S/c27-22(23-16-19-7-4-13-30-19)21-15-20(24-25-21)18-8-11-26(12-9-18)31(28,29)14-10-17-5-2-1-3-6-17/h1-7,10,13-15,18H,8-9,11-12,16H2,(H,23,27)(H,24,25). The maximum Gasteiger partial charge on any atom is 0.272 e. The van der Waals surface area contributed by atoms with Gasteiger partial charge in [0.2, 0.25) is 10.0 Å². The average molecular weight is 441 g/mol. The average Bonchev–Trinajstić information content (AvgIpc) is 3.49. The quantitative estimate of drug-likeness (QED) is 0.587. The van der Waals surface area contributed by atoms with E-state index in [2.05, 4.69) is 15.5 Å². The number of hydrogen-bond donors (Lipinski definition) is 2. The van der Waals surface area contributed by atoms with Crippen LogP contribution in [0.4, 0.5) is 0 Å². The highest BCUT2D eigenvalue weighted by Crippen LogP contribution is 2.28. The number of rotatable bonds is 7. The minimum Gasteiger partial charge on any atom is -0.467 e. The second-order valence-electron chi connectivity index (χ2n) is 7.40. The van der Waals surface area contributed by atoms with Gasteiger partial charge in [0.25, 0.3) is 5.91 Å². The fourth-order valence-electron chi connectivity index (χ4n) is 3.57. The molecule has 3 aromatic rings. The molecule has 1 aliphatic heterocycles. The topological polar surface area (TPSA) is 108 Å². The number of sulfonamides is 1. The lowest BCUT2D eigenvalue weighted by molar-refractivity contribution is 0.0943. The van der Waals surface area contributed by atoms with Crippen molar-refractivity contribution in [2.45, 2.75) is 25.3 Å². The van der Waals surface area contributed by atoms with E-state index >= 15 is 0 Å². The van der Waals surface area contributed by atoms with E-state index in [1.165, 1.54) is 9.71 Å². The molecule has 9 heteroatoms. The first-order valence-corrected chi connectivity index (χ1v) is 11.6. The van der Waals surface area contributed by atoms with Gasteiger partial charge < -0.3 is 9.73 Å². The zero-order chi connectivity index (χ0) is 21.7. The normalized spacial score (nSPS) is 16.0. The molecule has 1 amide bonds. The predicted octanol–water partition coefficient (Wildman–Crippen LogP) is 3.11. The van der Waals surface area contributed by atoms with Crippen molar-refractivity contribution in [1.29, 1.82) is 0 Å². The van der Waals surface area contributed by atoms with E-state index in [9.17, 15) is 13.2 Å². The van der Waals surface area contributed by atoms with Crippen molar-refractivity contribution < 1.29 is 17.6 Å². The van der Waals surface area contributed by atoms with Crippen LogP contribution in [0.15, 0.2) is 64.6 Å². The Morgan fingerprint density at radius 3 is 2.68 bits per heavy atom. The molecular weight excluding hydrogens is 416 g/mol. The third-order valence-electron chi connectivity index (χ3n) is 5.32. The first-order chi connectivity index (χ1) is 15.0.